The Balaban J connectivity index is 1.18. The van der Waals surface area contributed by atoms with Gasteiger partial charge in [-0.15, -0.1) is 10.2 Å². The molecule has 2 aliphatic heterocycles. The van der Waals surface area contributed by atoms with Crippen LogP contribution in [0.4, 0.5) is 0 Å². The van der Waals surface area contributed by atoms with Gasteiger partial charge in [0.1, 0.15) is 17.3 Å². The van der Waals surface area contributed by atoms with Crippen LogP contribution in [-0.4, -0.2) is 66.4 Å². The van der Waals surface area contributed by atoms with Crippen molar-refractivity contribution in [1.29, 1.82) is 0 Å². The van der Waals surface area contributed by atoms with Crippen LogP contribution in [0.3, 0.4) is 0 Å². The fourth-order valence-corrected chi connectivity index (χ4v) is 5.19. The number of rotatable bonds is 5. The van der Waals surface area contributed by atoms with Crippen LogP contribution in [-0.2, 0) is 19.5 Å². The maximum atomic E-state index is 13.7. The first-order valence-corrected chi connectivity index (χ1v) is 12.9. The lowest BCUT2D eigenvalue weighted by atomic mass is 10.1. The van der Waals surface area contributed by atoms with Crippen LogP contribution in [0.2, 0.25) is 0 Å². The van der Waals surface area contributed by atoms with Gasteiger partial charge in [-0.05, 0) is 25.0 Å². The van der Waals surface area contributed by atoms with Crippen molar-refractivity contribution < 1.29 is 4.79 Å². The molecule has 184 valence electrons. The molecule has 2 aromatic heterocycles. The Hall–Kier alpha value is -3.78. The quantitative estimate of drug-likeness (QED) is 0.433. The summed E-state index contributed by atoms with van der Waals surface area (Å²) in [4.78, 5) is 18.1. The smallest absolute Gasteiger partial charge is 0.257 e. The van der Waals surface area contributed by atoms with Gasteiger partial charge in [0.05, 0.1) is 17.8 Å². The zero-order chi connectivity index (χ0) is 24.3. The Labute approximate surface area is 211 Å². The molecule has 0 N–H and O–H groups in total. The number of aromatic nitrogens is 5. The Morgan fingerprint density at radius 3 is 2.33 bits per heavy atom. The van der Waals surface area contributed by atoms with Crippen molar-refractivity contribution in [3.63, 3.8) is 0 Å². The number of aryl methyl sites for hydroxylation is 1. The molecule has 4 heterocycles. The van der Waals surface area contributed by atoms with E-state index < -0.39 is 0 Å². The summed E-state index contributed by atoms with van der Waals surface area (Å²) in [5, 5.41) is 13.8. The summed E-state index contributed by atoms with van der Waals surface area (Å²) >= 11 is 0. The Morgan fingerprint density at radius 2 is 1.56 bits per heavy atom. The van der Waals surface area contributed by atoms with Gasteiger partial charge in [-0.3, -0.25) is 9.69 Å². The lowest BCUT2D eigenvalue weighted by Crippen LogP contribution is -2.48. The number of hydrogen-bond acceptors (Lipinski definition) is 5. The SMILES string of the molecule is O=C(c1cn(-c2ccccc2)nc1-c1ccccc1)N1CCN(Cc2nnc3n2CCCCC3)CC1. The summed E-state index contributed by atoms with van der Waals surface area (Å²) in [5.74, 6) is 2.22. The molecule has 0 unspecified atom stereocenters. The van der Waals surface area contributed by atoms with Gasteiger partial charge in [0.25, 0.3) is 5.91 Å². The van der Waals surface area contributed by atoms with Crippen molar-refractivity contribution in [3.05, 3.63) is 84.1 Å². The molecule has 0 bridgehead atoms. The van der Waals surface area contributed by atoms with Crippen molar-refractivity contribution in [2.75, 3.05) is 26.2 Å². The standard InChI is InChI=1S/C28H31N7O/c36-28(24-20-35(23-12-6-2-7-13-23)31-27(24)22-10-4-1-5-11-22)33-18-16-32(17-19-33)21-26-30-29-25-14-8-3-9-15-34(25)26/h1-2,4-7,10-13,20H,3,8-9,14-19,21H2. The van der Waals surface area contributed by atoms with Crippen LogP contribution in [0.1, 0.15) is 41.3 Å². The molecule has 6 rings (SSSR count). The molecule has 0 atom stereocenters. The van der Waals surface area contributed by atoms with E-state index in [1.807, 2.05) is 76.4 Å². The monoisotopic (exact) mass is 481 g/mol. The number of carbonyl (C=O) groups is 1. The zero-order valence-corrected chi connectivity index (χ0v) is 20.5. The Kier molecular flexibility index (Phi) is 6.34. The van der Waals surface area contributed by atoms with E-state index in [0.29, 0.717) is 18.7 Å². The number of carbonyl (C=O) groups excluding carboxylic acids is 1. The summed E-state index contributed by atoms with van der Waals surface area (Å²) in [6, 6.07) is 19.9. The summed E-state index contributed by atoms with van der Waals surface area (Å²) in [6.07, 6.45) is 6.55. The lowest BCUT2D eigenvalue weighted by molar-refractivity contribution is 0.0624. The van der Waals surface area contributed by atoms with Crippen LogP contribution in [0.5, 0.6) is 0 Å². The van der Waals surface area contributed by atoms with Gasteiger partial charge in [-0.25, -0.2) is 4.68 Å². The molecule has 36 heavy (non-hydrogen) atoms. The first-order valence-electron chi connectivity index (χ1n) is 12.9. The molecule has 8 heteroatoms. The highest BCUT2D eigenvalue weighted by Crippen LogP contribution is 2.25. The van der Waals surface area contributed by atoms with Crippen molar-refractivity contribution in [2.45, 2.75) is 38.8 Å². The van der Waals surface area contributed by atoms with E-state index in [2.05, 4.69) is 19.7 Å². The predicted octanol–water partition coefficient (Wildman–Crippen LogP) is 3.82. The zero-order valence-electron chi connectivity index (χ0n) is 20.5. The van der Waals surface area contributed by atoms with E-state index in [1.54, 1.807) is 0 Å². The molecule has 1 amide bonds. The fraction of sp³-hybridized carbons (Fsp3) is 0.357. The second-order valence-corrected chi connectivity index (χ2v) is 9.60. The molecule has 1 fully saturated rings. The maximum absolute atomic E-state index is 13.7. The van der Waals surface area contributed by atoms with Gasteiger partial charge in [0.2, 0.25) is 0 Å². The highest BCUT2D eigenvalue weighted by molar-refractivity contribution is 6.00. The molecule has 0 spiro atoms. The predicted molar refractivity (Wildman–Crippen MR) is 138 cm³/mol. The number of para-hydroxylation sites is 1. The largest absolute Gasteiger partial charge is 0.336 e. The molecule has 2 aromatic carbocycles. The normalized spacial score (nSPS) is 16.5. The molecule has 8 nitrogen and oxygen atoms in total. The van der Waals surface area contributed by atoms with E-state index in [4.69, 9.17) is 5.10 Å². The van der Waals surface area contributed by atoms with Crippen LogP contribution < -0.4 is 0 Å². The minimum atomic E-state index is 0.0343. The summed E-state index contributed by atoms with van der Waals surface area (Å²) in [6.45, 7) is 4.82. The van der Waals surface area contributed by atoms with Gasteiger partial charge < -0.3 is 9.47 Å². The molecule has 0 radical (unpaired) electrons. The number of piperazine rings is 1. The van der Waals surface area contributed by atoms with Crippen LogP contribution >= 0.6 is 0 Å². The first-order chi connectivity index (χ1) is 17.8. The van der Waals surface area contributed by atoms with Gasteiger partial charge in [0, 0.05) is 50.9 Å². The van der Waals surface area contributed by atoms with Crippen molar-refractivity contribution in [2.24, 2.45) is 0 Å². The molecule has 0 saturated carbocycles. The van der Waals surface area contributed by atoms with Crippen molar-refractivity contribution >= 4 is 5.91 Å². The van der Waals surface area contributed by atoms with E-state index in [-0.39, 0.29) is 5.91 Å². The highest BCUT2D eigenvalue weighted by atomic mass is 16.2. The third-order valence-corrected chi connectivity index (χ3v) is 7.22. The maximum Gasteiger partial charge on any atom is 0.257 e. The molecule has 1 saturated heterocycles. The topological polar surface area (TPSA) is 72.1 Å². The molecule has 0 aliphatic carbocycles. The fourth-order valence-electron chi connectivity index (χ4n) is 5.19. The molecule has 2 aliphatic rings. The first kappa shape index (κ1) is 22.7. The van der Waals surface area contributed by atoms with Gasteiger partial charge in [-0.1, -0.05) is 55.0 Å². The van der Waals surface area contributed by atoms with Gasteiger partial charge in [-0.2, -0.15) is 5.10 Å². The number of amides is 1. The second-order valence-electron chi connectivity index (χ2n) is 9.60. The summed E-state index contributed by atoms with van der Waals surface area (Å²) in [5.41, 5.74) is 3.24. The van der Waals surface area contributed by atoms with Gasteiger partial charge in [0.15, 0.2) is 0 Å². The van der Waals surface area contributed by atoms with E-state index in [1.165, 1.54) is 19.3 Å². The number of fused-ring (bicyclic) bond motifs is 1. The molecular weight excluding hydrogens is 450 g/mol. The highest BCUT2D eigenvalue weighted by Gasteiger charge is 2.27. The van der Waals surface area contributed by atoms with Crippen LogP contribution in [0.25, 0.3) is 16.9 Å². The molecular formula is C28H31N7O. The van der Waals surface area contributed by atoms with Gasteiger partial charge >= 0.3 is 0 Å². The molecule has 4 aromatic rings. The van der Waals surface area contributed by atoms with Crippen molar-refractivity contribution in [1.82, 2.24) is 34.3 Å². The van der Waals surface area contributed by atoms with E-state index in [0.717, 1.165) is 61.2 Å². The Morgan fingerprint density at radius 1 is 0.806 bits per heavy atom. The van der Waals surface area contributed by atoms with Crippen LogP contribution in [0, 0.1) is 0 Å². The summed E-state index contributed by atoms with van der Waals surface area (Å²) < 4.78 is 4.12. The minimum absolute atomic E-state index is 0.0343. The lowest BCUT2D eigenvalue weighted by Gasteiger charge is -2.34. The Bertz CT molecular complexity index is 1320. The summed E-state index contributed by atoms with van der Waals surface area (Å²) in [7, 11) is 0. The van der Waals surface area contributed by atoms with Crippen LogP contribution in [0.15, 0.2) is 66.9 Å². The number of nitrogens with zero attached hydrogens (tertiary/aromatic N) is 7. The third kappa shape index (κ3) is 4.56. The number of benzene rings is 2. The third-order valence-electron chi connectivity index (χ3n) is 7.22. The minimum Gasteiger partial charge on any atom is -0.336 e. The van der Waals surface area contributed by atoms with E-state index >= 15 is 0 Å². The number of hydrogen-bond donors (Lipinski definition) is 0. The van der Waals surface area contributed by atoms with Crippen molar-refractivity contribution in [3.8, 4) is 16.9 Å². The average molecular weight is 482 g/mol. The van der Waals surface area contributed by atoms with E-state index in [9.17, 15) is 4.79 Å². The average Bonchev–Trinajstić information content (AvgIpc) is 3.47. The second kappa shape index (κ2) is 10.1.